The maximum absolute atomic E-state index is 13.3. The number of aromatic nitrogens is 3. The highest BCUT2D eigenvalue weighted by atomic mass is 16.6. The lowest BCUT2D eigenvalue weighted by Crippen LogP contribution is -2.36. The van der Waals surface area contributed by atoms with E-state index >= 15 is 0 Å². The third-order valence-electron chi connectivity index (χ3n) is 5.60. The van der Waals surface area contributed by atoms with Gasteiger partial charge in [-0.3, -0.25) is 9.78 Å². The summed E-state index contributed by atoms with van der Waals surface area (Å²) in [6.45, 7) is 5.93. The second-order valence-corrected chi connectivity index (χ2v) is 9.48. The minimum absolute atomic E-state index is 0.187. The Hall–Kier alpha value is -3.88. The zero-order chi connectivity index (χ0) is 25.0. The van der Waals surface area contributed by atoms with Crippen molar-refractivity contribution in [2.45, 2.75) is 45.6 Å². The van der Waals surface area contributed by atoms with Crippen LogP contribution in [0.2, 0.25) is 0 Å². The average Bonchev–Trinajstić information content (AvgIpc) is 3.14. The highest BCUT2D eigenvalue weighted by molar-refractivity contribution is 6.09. The average molecular weight is 478 g/mol. The monoisotopic (exact) mass is 477 g/mol. The van der Waals surface area contributed by atoms with Gasteiger partial charge in [0.1, 0.15) is 17.9 Å². The third kappa shape index (κ3) is 5.79. The van der Waals surface area contributed by atoms with Gasteiger partial charge in [-0.05, 0) is 63.8 Å². The fourth-order valence-electron chi connectivity index (χ4n) is 3.93. The normalized spacial score (nSPS) is 12.7. The van der Waals surface area contributed by atoms with E-state index in [0.717, 1.165) is 41.8 Å². The summed E-state index contributed by atoms with van der Waals surface area (Å²) in [5.41, 5.74) is 4.25. The standard InChI is InChI=1S/C26H31N5O4/c1-26(2,3)35-25(33)31(4)14-15-34-24-20(11-7-13-28-24)30-23(32)18-16-29-19-10-5-8-17-9-6-12-27-22(17)21(18)19/h6-7,9,11-13,16,29H,5,8,10,14-15H2,1-4H3,(H,30,32). The molecule has 0 bridgehead atoms. The van der Waals surface area contributed by atoms with Crippen molar-refractivity contribution in [3.05, 3.63) is 59.7 Å². The number of hydrogen-bond acceptors (Lipinski definition) is 6. The number of hydrogen-bond donors (Lipinski definition) is 2. The van der Waals surface area contributed by atoms with E-state index in [9.17, 15) is 9.59 Å². The zero-order valence-corrected chi connectivity index (χ0v) is 20.6. The van der Waals surface area contributed by atoms with Crippen molar-refractivity contribution >= 4 is 17.7 Å². The molecule has 3 aromatic heterocycles. The molecule has 1 aliphatic carbocycles. The molecule has 0 saturated carbocycles. The lowest BCUT2D eigenvalue weighted by Gasteiger charge is -2.24. The maximum Gasteiger partial charge on any atom is 0.410 e. The van der Waals surface area contributed by atoms with Gasteiger partial charge in [0.25, 0.3) is 5.91 Å². The number of fused-ring (bicyclic) bond motifs is 3. The molecule has 0 fully saturated rings. The number of likely N-dealkylation sites (N-methyl/N-ethyl adjacent to an activating group) is 1. The van der Waals surface area contributed by atoms with Gasteiger partial charge in [0.05, 0.1) is 17.8 Å². The molecule has 2 N–H and O–H groups in total. The summed E-state index contributed by atoms with van der Waals surface area (Å²) in [6, 6.07) is 7.45. The smallest absolute Gasteiger partial charge is 0.410 e. The zero-order valence-electron chi connectivity index (χ0n) is 20.6. The van der Waals surface area contributed by atoms with Crippen LogP contribution in [-0.4, -0.2) is 57.7 Å². The van der Waals surface area contributed by atoms with Gasteiger partial charge in [0.15, 0.2) is 0 Å². The van der Waals surface area contributed by atoms with Gasteiger partial charge in [-0.25, -0.2) is 9.78 Å². The van der Waals surface area contributed by atoms with Crippen molar-refractivity contribution in [3.63, 3.8) is 0 Å². The summed E-state index contributed by atoms with van der Waals surface area (Å²) >= 11 is 0. The minimum atomic E-state index is -0.572. The molecular weight excluding hydrogens is 446 g/mol. The van der Waals surface area contributed by atoms with Crippen molar-refractivity contribution in [1.82, 2.24) is 19.9 Å². The van der Waals surface area contributed by atoms with Crippen LogP contribution in [0.3, 0.4) is 0 Å². The number of aromatic amines is 1. The predicted octanol–water partition coefficient (Wildman–Crippen LogP) is 4.46. The van der Waals surface area contributed by atoms with Gasteiger partial charge in [-0.2, -0.15) is 0 Å². The van der Waals surface area contributed by atoms with Crippen molar-refractivity contribution in [1.29, 1.82) is 0 Å². The summed E-state index contributed by atoms with van der Waals surface area (Å²) in [6.07, 6.45) is 7.41. The second-order valence-electron chi connectivity index (χ2n) is 9.48. The second kappa shape index (κ2) is 10.2. The van der Waals surface area contributed by atoms with Crippen LogP contribution in [0.1, 0.15) is 48.8 Å². The topological polar surface area (TPSA) is 109 Å². The Balaban J connectivity index is 1.46. The van der Waals surface area contributed by atoms with E-state index in [-0.39, 0.29) is 18.4 Å². The van der Waals surface area contributed by atoms with Crippen LogP contribution in [0, 0.1) is 0 Å². The Kier molecular flexibility index (Phi) is 7.04. The van der Waals surface area contributed by atoms with E-state index < -0.39 is 11.7 Å². The molecule has 0 atom stereocenters. The van der Waals surface area contributed by atoms with Crippen LogP contribution in [0.25, 0.3) is 11.3 Å². The first-order valence-corrected chi connectivity index (χ1v) is 11.7. The molecule has 3 aromatic rings. The van der Waals surface area contributed by atoms with Crippen LogP contribution < -0.4 is 10.1 Å². The first-order valence-electron chi connectivity index (χ1n) is 11.7. The molecule has 9 nitrogen and oxygen atoms in total. The largest absolute Gasteiger partial charge is 0.474 e. The molecule has 0 aromatic carbocycles. The highest BCUT2D eigenvalue weighted by Gasteiger charge is 2.25. The van der Waals surface area contributed by atoms with E-state index in [1.807, 2.05) is 26.8 Å². The number of aryl methyl sites for hydroxylation is 2. The van der Waals surface area contributed by atoms with Crippen LogP contribution in [0.4, 0.5) is 10.5 Å². The SMILES string of the molecule is CN(CCOc1ncccc1NC(=O)c1c[nH]c2c1-c1ncccc1CCC2)C(=O)OC(C)(C)C. The number of anilines is 1. The lowest BCUT2D eigenvalue weighted by atomic mass is 10.0. The third-order valence-corrected chi connectivity index (χ3v) is 5.60. The number of nitrogens with one attached hydrogen (secondary N) is 2. The molecular formula is C26H31N5O4. The van der Waals surface area contributed by atoms with Crippen LogP contribution in [0.5, 0.6) is 5.88 Å². The van der Waals surface area contributed by atoms with Gasteiger partial charge < -0.3 is 24.7 Å². The van der Waals surface area contributed by atoms with Crippen molar-refractivity contribution < 1.29 is 19.1 Å². The van der Waals surface area contributed by atoms with Crippen molar-refractivity contribution in [2.24, 2.45) is 0 Å². The molecule has 0 saturated heterocycles. The molecule has 35 heavy (non-hydrogen) atoms. The molecule has 0 unspecified atom stereocenters. The van der Waals surface area contributed by atoms with Gasteiger partial charge >= 0.3 is 6.09 Å². The number of rotatable bonds is 6. The van der Waals surface area contributed by atoms with Gasteiger partial charge in [-0.15, -0.1) is 0 Å². The number of H-pyrrole nitrogens is 1. The fraction of sp³-hybridized carbons (Fsp3) is 0.385. The minimum Gasteiger partial charge on any atom is -0.474 e. The molecule has 3 heterocycles. The number of carbonyl (C=O) groups is 2. The Bertz CT molecular complexity index is 1210. The maximum atomic E-state index is 13.3. The molecule has 4 rings (SSSR count). The fourth-order valence-corrected chi connectivity index (χ4v) is 3.93. The predicted molar refractivity (Wildman–Crippen MR) is 133 cm³/mol. The number of nitrogens with zero attached hydrogens (tertiary/aromatic N) is 3. The van der Waals surface area contributed by atoms with Gasteiger partial charge in [0, 0.05) is 36.9 Å². The Morgan fingerprint density at radius 3 is 2.71 bits per heavy atom. The first kappa shape index (κ1) is 24.3. The van der Waals surface area contributed by atoms with E-state index in [2.05, 4.69) is 26.3 Å². The lowest BCUT2D eigenvalue weighted by molar-refractivity contribution is 0.0277. The van der Waals surface area contributed by atoms with E-state index in [1.54, 1.807) is 37.8 Å². The van der Waals surface area contributed by atoms with Crippen LogP contribution in [-0.2, 0) is 17.6 Å². The molecule has 0 spiro atoms. The number of carbonyl (C=O) groups excluding carboxylic acids is 2. The summed E-state index contributed by atoms with van der Waals surface area (Å²) in [5.74, 6) is 0.00307. The van der Waals surface area contributed by atoms with Crippen molar-refractivity contribution in [2.75, 3.05) is 25.5 Å². The molecule has 9 heteroatoms. The van der Waals surface area contributed by atoms with E-state index in [1.165, 1.54) is 4.90 Å². The van der Waals surface area contributed by atoms with E-state index in [0.29, 0.717) is 17.8 Å². The Labute approximate surface area is 204 Å². The summed E-state index contributed by atoms with van der Waals surface area (Å²) in [7, 11) is 1.64. The Morgan fingerprint density at radius 1 is 1.14 bits per heavy atom. The number of amides is 2. The molecule has 2 amide bonds. The highest BCUT2D eigenvalue weighted by Crippen LogP contribution is 2.34. The van der Waals surface area contributed by atoms with Crippen LogP contribution >= 0.6 is 0 Å². The molecule has 0 aliphatic heterocycles. The van der Waals surface area contributed by atoms with Crippen LogP contribution in [0.15, 0.2) is 42.9 Å². The Morgan fingerprint density at radius 2 is 1.91 bits per heavy atom. The molecule has 1 aliphatic rings. The summed E-state index contributed by atoms with van der Waals surface area (Å²) in [4.78, 5) is 39.0. The first-order chi connectivity index (χ1) is 16.7. The van der Waals surface area contributed by atoms with Crippen molar-refractivity contribution in [3.8, 4) is 17.1 Å². The van der Waals surface area contributed by atoms with Gasteiger partial charge in [-0.1, -0.05) is 6.07 Å². The number of pyridine rings is 2. The quantitative estimate of drug-likeness (QED) is 0.543. The van der Waals surface area contributed by atoms with Gasteiger partial charge in [0.2, 0.25) is 5.88 Å². The number of ether oxygens (including phenoxy) is 2. The molecule has 184 valence electrons. The summed E-state index contributed by atoms with van der Waals surface area (Å²) in [5, 5.41) is 2.93. The molecule has 0 radical (unpaired) electrons. The summed E-state index contributed by atoms with van der Waals surface area (Å²) < 4.78 is 11.1. The van der Waals surface area contributed by atoms with E-state index in [4.69, 9.17) is 9.47 Å².